The zero-order valence-electron chi connectivity index (χ0n) is 24.3. The Balaban J connectivity index is 0.000000225. The molecule has 3 N–H and O–H groups in total. The van der Waals surface area contributed by atoms with E-state index in [1.807, 2.05) is 26.8 Å². The van der Waals surface area contributed by atoms with Crippen molar-refractivity contribution < 1.29 is 4.79 Å². The molecule has 2 fully saturated rings. The van der Waals surface area contributed by atoms with Gasteiger partial charge in [-0.05, 0) is 78.6 Å². The number of nitrogens with one attached hydrogen (secondary N) is 1. The van der Waals surface area contributed by atoms with E-state index in [4.69, 9.17) is 5.73 Å². The van der Waals surface area contributed by atoms with Crippen molar-refractivity contribution in [1.82, 2.24) is 15.1 Å². The van der Waals surface area contributed by atoms with Crippen LogP contribution < -0.4 is 11.1 Å². The Morgan fingerprint density at radius 3 is 1.49 bits per heavy atom. The van der Waals surface area contributed by atoms with Crippen LogP contribution in [0.2, 0.25) is 0 Å². The molecule has 0 bridgehead atoms. The third-order valence-corrected chi connectivity index (χ3v) is 6.14. The molecule has 5 heteroatoms. The third-order valence-electron chi connectivity index (χ3n) is 6.14. The zero-order valence-corrected chi connectivity index (χ0v) is 24.3. The minimum Gasteiger partial charge on any atom is -0.326 e. The van der Waals surface area contributed by atoms with Gasteiger partial charge < -0.3 is 11.1 Å². The van der Waals surface area contributed by atoms with Gasteiger partial charge in [0.05, 0.1) is 0 Å². The molecule has 37 heavy (non-hydrogen) atoms. The predicted octanol–water partition coefficient (Wildman–Crippen LogP) is 5.63. The van der Waals surface area contributed by atoms with Crippen molar-refractivity contribution in [1.29, 1.82) is 0 Å². The number of benzene rings is 2. The molecule has 0 spiro atoms. The molecule has 0 atom stereocenters. The number of ketones is 1. The van der Waals surface area contributed by atoms with E-state index in [1.54, 1.807) is 0 Å². The normalized spacial score (nSPS) is 17.9. The van der Waals surface area contributed by atoms with Gasteiger partial charge >= 0.3 is 0 Å². The summed E-state index contributed by atoms with van der Waals surface area (Å²) in [7, 11) is 0. The van der Waals surface area contributed by atoms with E-state index in [1.165, 1.54) is 37.1 Å². The molecule has 0 unspecified atom stereocenters. The van der Waals surface area contributed by atoms with Crippen molar-refractivity contribution >= 4 is 5.78 Å². The molecule has 4 rings (SSSR count). The first-order valence-electron chi connectivity index (χ1n) is 14.0. The van der Waals surface area contributed by atoms with Crippen LogP contribution in [0, 0.1) is 0 Å². The van der Waals surface area contributed by atoms with Gasteiger partial charge in [-0.15, -0.1) is 0 Å². The van der Waals surface area contributed by atoms with Gasteiger partial charge in [-0.3, -0.25) is 14.6 Å². The van der Waals surface area contributed by atoms with Crippen LogP contribution in [0.1, 0.15) is 78.4 Å². The van der Waals surface area contributed by atoms with Crippen LogP contribution in [0.3, 0.4) is 0 Å². The van der Waals surface area contributed by atoms with E-state index in [0.717, 1.165) is 39.0 Å². The molecule has 206 valence electrons. The second-order valence-corrected chi connectivity index (χ2v) is 12.6. The highest BCUT2D eigenvalue weighted by atomic mass is 16.1. The Morgan fingerprint density at radius 1 is 0.730 bits per heavy atom. The molecule has 2 aromatic carbocycles. The van der Waals surface area contributed by atoms with Crippen molar-refractivity contribution in [3.63, 3.8) is 0 Å². The Kier molecular flexibility index (Phi) is 13.0. The summed E-state index contributed by atoms with van der Waals surface area (Å²) < 4.78 is 0. The van der Waals surface area contributed by atoms with Crippen LogP contribution in [0.4, 0.5) is 0 Å². The summed E-state index contributed by atoms with van der Waals surface area (Å²) in [5, 5.41) is 3.72. The van der Waals surface area contributed by atoms with Crippen molar-refractivity contribution in [2.45, 2.75) is 97.4 Å². The highest BCUT2D eigenvalue weighted by molar-refractivity contribution is 5.79. The monoisotopic (exact) mass is 508 g/mol. The number of nitrogens with two attached hydrogens (primary N) is 1. The summed E-state index contributed by atoms with van der Waals surface area (Å²) in [6, 6.07) is 21.9. The molecule has 0 aromatic heterocycles. The Morgan fingerprint density at radius 2 is 1.11 bits per heavy atom. The van der Waals surface area contributed by atoms with Crippen LogP contribution in [0.5, 0.6) is 0 Å². The molecule has 0 radical (unpaired) electrons. The molecule has 2 saturated heterocycles. The molecule has 2 heterocycles. The Labute approximate surface area is 226 Å². The fourth-order valence-electron chi connectivity index (χ4n) is 4.49. The summed E-state index contributed by atoms with van der Waals surface area (Å²) in [4.78, 5) is 15.9. The van der Waals surface area contributed by atoms with Crippen molar-refractivity contribution in [3.05, 3.63) is 71.8 Å². The molecule has 2 aliphatic heterocycles. The van der Waals surface area contributed by atoms with E-state index in [2.05, 4.69) is 90.5 Å². The number of nitrogens with zero attached hydrogens (tertiary/aromatic N) is 2. The standard InChI is InChI=1S/C16H26N2.C12H15NO.C4H11N/c1-16(2,3)17-15-9-11-18(12-10-15)13-14-7-5-4-6-8-14;14-12-6-8-13(9-7-12)10-11-4-2-1-3-5-11;1-4(2,3)5/h4-8,15,17H,9-13H2,1-3H3;1-5H,6-10H2;5H2,1-3H3. The number of hydrogen-bond acceptors (Lipinski definition) is 5. The number of rotatable bonds is 5. The van der Waals surface area contributed by atoms with E-state index in [0.29, 0.717) is 11.8 Å². The molecule has 0 amide bonds. The average Bonchev–Trinajstić information content (AvgIpc) is 2.82. The Hall–Kier alpha value is -2.05. The lowest BCUT2D eigenvalue weighted by molar-refractivity contribution is -0.121. The maximum atomic E-state index is 11.0. The van der Waals surface area contributed by atoms with E-state index in [9.17, 15) is 4.79 Å². The van der Waals surface area contributed by atoms with Gasteiger partial charge in [0.15, 0.2) is 0 Å². The van der Waals surface area contributed by atoms with Crippen LogP contribution in [0.25, 0.3) is 0 Å². The van der Waals surface area contributed by atoms with Crippen LogP contribution in [0.15, 0.2) is 60.7 Å². The minimum atomic E-state index is 0. The largest absolute Gasteiger partial charge is 0.326 e. The minimum absolute atomic E-state index is 0. The lowest BCUT2D eigenvalue weighted by Crippen LogP contribution is -2.49. The number of likely N-dealkylation sites (tertiary alicyclic amines) is 2. The number of Topliss-reactive ketones (excluding diaryl/α,β-unsaturated/α-hetero) is 1. The molecule has 0 aliphatic carbocycles. The highest BCUT2D eigenvalue weighted by Gasteiger charge is 2.22. The first kappa shape index (κ1) is 31.2. The summed E-state index contributed by atoms with van der Waals surface area (Å²) in [5.74, 6) is 0.411. The van der Waals surface area contributed by atoms with E-state index in [-0.39, 0.29) is 11.1 Å². The maximum absolute atomic E-state index is 11.0. The quantitative estimate of drug-likeness (QED) is 0.548. The SMILES string of the molecule is CC(C)(C)N.CC(C)(C)NC1CCN(Cc2ccccc2)CC1.O=C1CCN(Cc2ccccc2)CC1. The first-order valence-corrected chi connectivity index (χ1v) is 14.0. The van der Waals surface area contributed by atoms with Crippen molar-refractivity contribution in [2.24, 2.45) is 5.73 Å². The van der Waals surface area contributed by atoms with Gasteiger partial charge in [-0.2, -0.15) is 0 Å². The fourth-order valence-corrected chi connectivity index (χ4v) is 4.49. The lowest BCUT2D eigenvalue weighted by Gasteiger charge is -2.36. The van der Waals surface area contributed by atoms with Gasteiger partial charge in [0.25, 0.3) is 0 Å². The van der Waals surface area contributed by atoms with Crippen LogP contribution in [-0.2, 0) is 17.9 Å². The summed E-state index contributed by atoms with van der Waals surface area (Å²) >= 11 is 0. The number of carbonyl (C=O) groups is 1. The molecular weight excluding hydrogens is 456 g/mol. The summed E-state index contributed by atoms with van der Waals surface area (Å²) in [6.45, 7) is 19.0. The van der Waals surface area contributed by atoms with Crippen LogP contribution >= 0.6 is 0 Å². The van der Waals surface area contributed by atoms with Gasteiger partial charge in [0, 0.05) is 56.1 Å². The Bertz CT molecular complexity index is 862. The third kappa shape index (κ3) is 15.7. The lowest BCUT2D eigenvalue weighted by atomic mass is 9.99. The van der Waals surface area contributed by atoms with Crippen molar-refractivity contribution in [3.8, 4) is 0 Å². The number of piperidine rings is 2. The topological polar surface area (TPSA) is 61.6 Å². The summed E-state index contributed by atoms with van der Waals surface area (Å²) in [6.07, 6.45) is 3.99. The van der Waals surface area contributed by atoms with Gasteiger partial charge in [-0.25, -0.2) is 0 Å². The van der Waals surface area contributed by atoms with Gasteiger partial charge in [0.2, 0.25) is 0 Å². The number of carbonyl (C=O) groups excluding carboxylic acids is 1. The predicted molar refractivity (Wildman–Crippen MR) is 158 cm³/mol. The highest BCUT2D eigenvalue weighted by Crippen LogP contribution is 2.16. The molecular formula is C32H52N4O. The maximum Gasteiger partial charge on any atom is 0.135 e. The molecule has 5 nitrogen and oxygen atoms in total. The summed E-state index contributed by atoms with van der Waals surface area (Å²) in [5.41, 5.74) is 8.36. The van der Waals surface area contributed by atoms with Crippen LogP contribution in [-0.4, -0.2) is 58.9 Å². The van der Waals surface area contributed by atoms with Crippen molar-refractivity contribution in [2.75, 3.05) is 26.2 Å². The molecule has 2 aliphatic rings. The number of hydrogen-bond donors (Lipinski definition) is 2. The first-order chi connectivity index (χ1) is 17.4. The smallest absolute Gasteiger partial charge is 0.135 e. The zero-order chi connectivity index (χ0) is 27.3. The average molecular weight is 509 g/mol. The van der Waals surface area contributed by atoms with E-state index >= 15 is 0 Å². The molecule has 2 aromatic rings. The second kappa shape index (κ2) is 15.4. The van der Waals surface area contributed by atoms with E-state index < -0.39 is 0 Å². The van der Waals surface area contributed by atoms with Gasteiger partial charge in [0.1, 0.15) is 5.78 Å². The molecule has 0 saturated carbocycles. The second-order valence-electron chi connectivity index (χ2n) is 12.6. The van der Waals surface area contributed by atoms with Gasteiger partial charge in [-0.1, -0.05) is 60.7 Å². The fraction of sp³-hybridized carbons (Fsp3) is 0.594.